The van der Waals surface area contributed by atoms with E-state index in [0.29, 0.717) is 17.9 Å². The number of esters is 1. The standard InChI is InChI=1S/C29H33NO9/c1-13-15-8-5-9-17(31)21(15)24(34)23-20(13)25(39-19(33)11-10-14-6-3-2-4-7-14)16-12-18(32)22(28(30)37)26(35)29(16,38)27(23)36/h5,8-9,13-14,16,20,25,31,34-35,38H,2-4,6-7,10-12H2,1H3,(H2,30,37). The van der Waals surface area contributed by atoms with Crippen LogP contribution in [0.4, 0.5) is 0 Å². The Balaban J connectivity index is 1.61. The predicted molar refractivity (Wildman–Crippen MR) is 137 cm³/mol. The number of amides is 1. The fraction of sp³-hybridized carbons (Fsp3) is 0.517. The van der Waals surface area contributed by atoms with Crippen LogP contribution >= 0.6 is 0 Å². The number of nitrogens with two attached hydrogens (primary N) is 1. The molecule has 2 fully saturated rings. The van der Waals surface area contributed by atoms with E-state index in [1.54, 1.807) is 19.1 Å². The summed E-state index contributed by atoms with van der Waals surface area (Å²) in [6, 6.07) is 4.57. The summed E-state index contributed by atoms with van der Waals surface area (Å²) in [5, 5.41) is 44.4. The predicted octanol–water partition coefficient (Wildman–Crippen LogP) is 2.87. The third-order valence-electron chi connectivity index (χ3n) is 9.08. The van der Waals surface area contributed by atoms with E-state index in [4.69, 9.17) is 10.5 Å². The summed E-state index contributed by atoms with van der Waals surface area (Å²) < 4.78 is 5.93. The molecule has 0 heterocycles. The summed E-state index contributed by atoms with van der Waals surface area (Å²) in [7, 11) is 0. The number of carbonyl (C=O) groups is 4. The molecular formula is C29H33NO9. The lowest BCUT2D eigenvalue weighted by Crippen LogP contribution is -2.64. The molecule has 5 rings (SSSR count). The molecule has 0 bridgehead atoms. The Hall–Kier alpha value is -3.66. The number of aliphatic hydroxyl groups is 3. The molecule has 1 amide bonds. The number of aromatic hydroxyl groups is 1. The second kappa shape index (κ2) is 9.82. The average molecular weight is 540 g/mol. The van der Waals surface area contributed by atoms with E-state index >= 15 is 0 Å². The molecule has 0 aliphatic heterocycles. The van der Waals surface area contributed by atoms with Gasteiger partial charge >= 0.3 is 5.97 Å². The first kappa shape index (κ1) is 26.9. The number of fused-ring (bicyclic) bond motifs is 3. The first-order valence-electron chi connectivity index (χ1n) is 13.5. The number of rotatable bonds is 5. The van der Waals surface area contributed by atoms with Crippen LogP contribution in [-0.4, -0.2) is 55.6 Å². The van der Waals surface area contributed by atoms with Crippen molar-refractivity contribution in [1.82, 2.24) is 0 Å². The fourth-order valence-corrected chi connectivity index (χ4v) is 7.09. The van der Waals surface area contributed by atoms with Crippen LogP contribution in [0.15, 0.2) is 35.1 Å². The van der Waals surface area contributed by atoms with Crippen molar-refractivity contribution in [3.05, 3.63) is 46.2 Å². The zero-order valence-corrected chi connectivity index (χ0v) is 21.7. The van der Waals surface area contributed by atoms with Crippen LogP contribution in [-0.2, 0) is 23.9 Å². The van der Waals surface area contributed by atoms with Gasteiger partial charge in [-0.15, -0.1) is 0 Å². The van der Waals surface area contributed by atoms with Gasteiger partial charge in [-0.25, -0.2) is 0 Å². The molecule has 4 aliphatic carbocycles. The van der Waals surface area contributed by atoms with Crippen molar-refractivity contribution < 1.29 is 44.3 Å². The van der Waals surface area contributed by atoms with Crippen LogP contribution in [0.25, 0.3) is 5.76 Å². The molecule has 5 unspecified atom stereocenters. The average Bonchev–Trinajstić information content (AvgIpc) is 2.89. The van der Waals surface area contributed by atoms with Gasteiger partial charge in [0.25, 0.3) is 5.91 Å². The smallest absolute Gasteiger partial charge is 0.306 e. The van der Waals surface area contributed by atoms with Gasteiger partial charge in [0.2, 0.25) is 5.78 Å². The largest absolute Gasteiger partial charge is 0.508 e. The lowest BCUT2D eigenvalue weighted by atomic mass is 9.55. The van der Waals surface area contributed by atoms with Gasteiger partial charge in [-0.2, -0.15) is 0 Å². The molecule has 1 aromatic carbocycles. The Morgan fingerprint density at radius 2 is 1.79 bits per heavy atom. The number of ketones is 2. The van der Waals surface area contributed by atoms with E-state index in [0.717, 1.165) is 25.7 Å². The van der Waals surface area contributed by atoms with Crippen LogP contribution in [0.5, 0.6) is 5.75 Å². The number of hydrogen-bond donors (Lipinski definition) is 5. The molecule has 2 saturated carbocycles. The van der Waals surface area contributed by atoms with Gasteiger partial charge in [-0.1, -0.05) is 51.2 Å². The van der Waals surface area contributed by atoms with Crippen molar-refractivity contribution in [3.8, 4) is 5.75 Å². The number of phenolic OH excluding ortho intramolecular Hbond substituents is 1. The summed E-state index contributed by atoms with van der Waals surface area (Å²) in [6.07, 6.45) is 4.24. The molecule has 10 heteroatoms. The van der Waals surface area contributed by atoms with Crippen molar-refractivity contribution in [3.63, 3.8) is 0 Å². The zero-order valence-electron chi connectivity index (χ0n) is 21.7. The molecule has 0 aromatic heterocycles. The van der Waals surface area contributed by atoms with Crippen LogP contribution in [0.2, 0.25) is 0 Å². The summed E-state index contributed by atoms with van der Waals surface area (Å²) in [5.74, 6) is -8.73. The third kappa shape index (κ3) is 4.12. The Labute approximate surface area is 225 Å². The van der Waals surface area contributed by atoms with Gasteiger partial charge in [-0.3, -0.25) is 19.2 Å². The molecule has 4 aliphatic rings. The van der Waals surface area contributed by atoms with E-state index < -0.39 is 76.4 Å². The van der Waals surface area contributed by atoms with Gasteiger partial charge in [0, 0.05) is 30.3 Å². The lowest BCUT2D eigenvalue weighted by molar-refractivity contribution is -0.178. The zero-order chi connectivity index (χ0) is 28.2. The highest BCUT2D eigenvalue weighted by molar-refractivity contribution is 6.23. The van der Waals surface area contributed by atoms with Gasteiger partial charge < -0.3 is 30.9 Å². The number of aliphatic hydroxyl groups excluding tert-OH is 2. The van der Waals surface area contributed by atoms with Crippen LogP contribution in [0.1, 0.15) is 75.3 Å². The van der Waals surface area contributed by atoms with E-state index in [1.165, 1.54) is 12.5 Å². The van der Waals surface area contributed by atoms with Gasteiger partial charge in [0.1, 0.15) is 28.9 Å². The van der Waals surface area contributed by atoms with E-state index in [-0.39, 0.29) is 23.3 Å². The summed E-state index contributed by atoms with van der Waals surface area (Å²) in [5.41, 5.74) is 1.64. The molecule has 5 atom stereocenters. The second-order valence-corrected chi connectivity index (χ2v) is 11.2. The quantitative estimate of drug-likeness (QED) is 0.277. The molecule has 0 saturated heterocycles. The van der Waals surface area contributed by atoms with Crippen LogP contribution in [0, 0.1) is 17.8 Å². The number of phenols is 1. The highest BCUT2D eigenvalue weighted by atomic mass is 16.5. The van der Waals surface area contributed by atoms with Crippen molar-refractivity contribution in [2.75, 3.05) is 0 Å². The minimum Gasteiger partial charge on any atom is -0.508 e. The lowest BCUT2D eigenvalue weighted by Gasteiger charge is -2.51. The maximum Gasteiger partial charge on any atom is 0.306 e. The molecule has 208 valence electrons. The molecule has 0 spiro atoms. The molecule has 39 heavy (non-hydrogen) atoms. The van der Waals surface area contributed by atoms with Crippen LogP contribution in [0.3, 0.4) is 0 Å². The van der Waals surface area contributed by atoms with Crippen molar-refractivity contribution >= 4 is 29.2 Å². The molecular weight excluding hydrogens is 506 g/mol. The second-order valence-electron chi connectivity index (χ2n) is 11.2. The Morgan fingerprint density at radius 1 is 1.10 bits per heavy atom. The van der Waals surface area contributed by atoms with Crippen molar-refractivity contribution in [2.24, 2.45) is 23.5 Å². The summed E-state index contributed by atoms with van der Waals surface area (Å²) in [6.45, 7) is 1.73. The Kier molecular flexibility index (Phi) is 6.78. The monoisotopic (exact) mass is 539 g/mol. The Morgan fingerprint density at radius 3 is 2.46 bits per heavy atom. The minimum atomic E-state index is -2.85. The molecule has 6 N–H and O–H groups in total. The first-order valence-corrected chi connectivity index (χ1v) is 13.5. The molecule has 0 radical (unpaired) electrons. The maximum atomic E-state index is 13.9. The normalized spacial score (nSPS) is 30.9. The van der Waals surface area contributed by atoms with E-state index in [9.17, 15) is 39.6 Å². The van der Waals surface area contributed by atoms with E-state index in [2.05, 4.69) is 0 Å². The van der Waals surface area contributed by atoms with Crippen molar-refractivity contribution in [1.29, 1.82) is 0 Å². The van der Waals surface area contributed by atoms with Crippen molar-refractivity contribution in [2.45, 2.75) is 75.9 Å². The number of carbonyl (C=O) groups excluding carboxylic acids is 4. The third-order valence-corrected chi connectivity index (χ3v) is 9.08. The first-order chi connectivity index (χ1) is 18.5. The van der Waals surface area contributed by atoms with Gasteiger partial charge in [0.05, 0.1) is 5.56 Å². The molecule has 1 aromatic rings. The number of Topliss-reactive ketones (excluding diaryl/α,β-unsaturated/α-hetero) is 2. The number of benzene rings is 1. The highest BCUT2D eigenvalue weighted by Crippen LogP contribution is 2.56. The highest BCUT2D eigenvalue weighted by Gasteiger charge is 2.66. The fourth-order valence-electron chi connectivity index (χ4n) is 7.09. The number of primary amides is 1. The van der Waals surface area contributed by atoms with Gasteiger partial charge in [0.15, 0.2) is 11.4 Å². The summed E-state index contributed by atoms with van der Waals surface area (Å²) in [4.78, 5) is 51.9. The van der Waals surface area contributed by atoms with E-state index in [1.807, 2.05) is 0 Å². The molecule has 10 nitrogen and oxygen atoms in total. The number of hydrogen-bond acceptors (Lipinski definition) is 9. The van der Waals surface area contributed by atoms with Crippen LogP contribution < -0.4 is 5.73 Å². The Bertz CT molecular complexity index is 1320. The summed E-state index contributed by atoms with van der Waals surface area (Å²) >= 11 is 0. The van der Waals surface area contributed by atoms with Gasteiger partial charge in [-0.05, 0) is 29.9 Å². The topological polar surface area (TPSA) is 184 Å². The SMILES string of the molecule is CC1c2cccc(O)c2C(O)=C2C(=O)C3(O)C(O)=C(C(N)=O)C(=O)CC3C(OC(=O)CCC3CCCCC3)C21. The maximum absolute atomic E-state index is 13.9. The number of ether oxygens (including phenoxy) is 1. The minimum absolute atomic E-state index is 0.0143.